The van der Waals surface area contributed by atoms with E-state index in [4.69, 9.17) is 0 Å². The topological polar surface area (TPSA) is 17.1 Å². The van der Waals surface area contributed by atoms with E-state index in [0.29, 0.717) is 11.7 Å². The van der Waals surface area contributed by atoms with E-state index >= 15 is 0 Å². The maximum atomic E-state index is 11.6. The lowest BCUT2D eigenvalue weighted by molar-refractivity contribution is -0.118. The standard InChI is InChI=1S/C11H16OS/c1-2-3-11(12)8-6-9-4-5-10(7-8)13-9/h2-3,8-10H,4-7H2,1H3/b3-2-. The van der Waals surface area contributed by atoms with Crippen LogP contribution in [0.2, 0.25) is 0 Å². The summed E-state index contributed by atoms with van der Waals surface area (Å²) in [5.41, 5.74) is 0. The predicted octanol–water partition coefficient (Wildman–Crippen LogP) is 2.81. The molecule has 2 heteroatoms. The summed E-state index contributed by atoms with van der Waals surface area (Å²) in [5.74, 6) is 0.703. The van der Waals surface area contributed by atoms with Crippen LogP contribution in [0.15, 0.2) is 12.2 Å². The number of thioether (sulfide) groups is 1. The molecule has 2 atom stereocenters. The van der Waals surface area contributed by atoms with Gasteiger partial charge in [-0.3, -0.25) is 4.79 Å². The quantitative estimate of drug-likeness (QED) is 0.632. The zero-order chi connectivity index (χ0) is 9.26. The second-order valence-corrected chi connectivity index (χ2v) is 5.63. The van der Waals surface area contributed by atoms with Crippen molar-refractivity contribution >= 4 is 17.5 Å². The van der Waals surface area contributed by atoms with Gasteiger partial charge in [0, 0.05) is 16.4 Å². The monoisotopic (exact) mass is 196 g/mol. The zero-order valence-corrected chi connectivity index (χ0v) is 8.85. The van der Waals surface area contributed by atoms with Crippen LogP contribution < -0.4 is 0 Å². The smallest absolute Gasteiger partial charge is 0.158 e. The van der Waals surface area contributed by atoms with Crippen molar-refractivity contribution in [1.29, 1.82) is 0 Å². The molecule has 0 spiro atoms. The van der Waals surface area contributed by atoms with Crippen molar-refractivity contribution in [3.8, 4) is 0 Å². The predicted molar refractivity (Wildman–Crippen MR) is 56.9 cm³/mol. The van der Waals surface area contributed by atoms with E-state index in [1.807, 2.05) is 13.0 Å². The third-order valence-electron chi connectivity index (χ3n) is 3.02. The van der Waals surface area contributed by atoms with Gasteiger partial charge < -0.3 is 0 Å². The zero-order valence-electron chi connectivity index (χ0n) is 8.03. The third-order valence-corrected chi connectivity index (χ3v) is 4.65. The molecule has 0 aliphatic carbocycles. The lowest BCUT2D eigenvalue weighted by Crippen LogP contribution is -2.23. The van der Waals surface area contributed by atoms with Gasteiger partial charge in [-0.2, -0.15) is 11.8 Å². The Bertz CT molecular complexity index is 222. The fourth-order valence-electron chi connectivity index (χ4n) is 2.39. The Hall–Kier alpha value is -0.240. The molecule has 0 amide bonds. The van der Waals surface area contributed by atoms with Gasteiger partial charge in [0.1, 0.15) is 0 Å². The Morgan fingerprint density at radius 1 is 1.31 bits per heavy atom. The first-order valence-electron chi connectivity index (χ1n) is 5.11. The molecule has 2 fully saturated rings. The van der Waals surface area contributed by atoms with E-state index in [1.165, 1.54) is 12.8 Å². The first kappa shape index (κ1) is 9.32. The van der Waals surface area contributed by atoms with E-state index in [9.17, 15) is 4.79 Å². The van der Waals surface area contributed by atoms with Crippen molar-refractivity contribution < 1.29 is 4.79 Å². The molecule has 2 heterocycles. The molecule has 2 rings (SSSR count). The highest BCUT2D eigenvalue weighted by molar-refractivity contribution is 8.00. The molecule has 2 bridgehead atoms. The van der Waals surface area contributed by atoms with Crippen LogP contribution in [0, 0.1) is 5.92 Å². The van der Waals surface area contributed by atoms with Gasteiger partial charge in [0.25, 0.3) is 0 Å². The third kappa shape index (κ3) is 1.98. The second kappa shape index (κ2) is 3.87. The first-order valence-corrected chi connectivity index (χ1v) is 6.06. The van der Waals surface area contributed by atoms with Gasteiger partial charge in [0.05, 0.1) is 0 Å². The molecule has 0 aromatic rings. The number of fused-ring (bicyclic) bond motifs is 2. The summed E-state index contributed by atoms with van der Waals surface area (Å²) in [4.78, 5) is 11.6. The van der Waals surface area contributed by atoms with Crippen molar-refractivity contribution in [3.63, 3.8) is 0 Å². The van der Waals surface area contributed by atoms with Crippen LogP contribution in [-0.2, 0) is 4.79 Å². The van der Waals surface area contributed by atoms with E-state index in [2.05, 4.69) is 11.8 Å². The van der Waals surface area contributed by atoms with Crippen LogP contribution in [0.3, 0.4) is 0 Å². The fraction of sp³-hybridized carbons (Fsp3) is 0.727. The van der Waals surface area contributed by atoms with Gasteiger partial charge in [0.15, 0.2) is 5.78 Å². The SMILES string of the molecule is C/C=C\C(=O)C1CC2CCC(C1)S2. The summed E-state index contributed by atoms with van der Waals surface area (Å²) in [7, 11) is 0. The van der Waals surface area contributed by atoms with Gasteiger partial charge in [-0.05, 0) is 38.7 Å². The highest BCUT2D eigenvalue weighted by atomic mass is 32.2. The summed E-state index contributed by atoms with van der Waals surface area (Å²) >= 11 is 2.12. The van der Waals surface area contributed by atoms with Crippen LogP contribution in [0.5, 0.6) is 0 Å². The largest absolute Gasteiger partial charge is 0.295 e. The van der Waals surface area contributed by atoms with Crippen molar-refractivity contribution in [2.24, 2.45) is 5.92 Å². The maximum absolute atomic E-state index is 11.6. The normalized spacial score (nSPS) is 38.4. The van der Waals surface area contributed by atoms with Crippen molar-refractivity contribution in [2.45, 2.75) is 43.1 Å². The fourth-order valence-corrected chi connectivity index (χ4v) is 4.17. The van der Waals surface area contributed by atoms with Crippen LogP contribution in [-0.4, -0.2) is 16.3 Å². The van der Waals surface area contributed by atoms with Gasteiger partial charge in [-0.15, -0.1) is 0 Å². The van der Waals surface area contributed by atoms with Gasteiger partial charge in [-0.1, -0.05) is 6.08 Å². The van der Waals surface area contributed by atoms with Crippen molar-refractivity contribution in [3.05, 3.63) is 12.2 Å². The number of carbonyl (C=O) groups excluding carboxylic acids is 1. The number of hydrogen-bond acceptors (Lipinski definition) is 2. The second-order valence-electron chi connectivity index (χ2n) is 4.03. The summed E-state index contributed by atoms with van der Waals surface area (Å²) in [6.45, 7) is 1.92. The highest BCUT2D eigenvalue weighted by Gasteiger charge is 2.36. The summed E-state index contributed by atoms with van der Waals surface area (Å²) in [5, 5.41) is 1.58. The van der Waals surface area contributed by atoms with Gasteiger partial charge in [0.2, 0.25) is 0 Å². The van der Waals surface area contributed by atoms with Crippen LogP contribution in [0.25, 0.3) is 0 Å². The Morgan fingerprint density at radius 3 is 2.46 bits per heavy atom. The van der Waals surface area contributed by atoms with Crippen LogP contribution in [0.4, 0.5) is 0 Å². The molecule has 2 aliphatic heterocycles. The van der Waals surface area contributed by atoms with Crippen LogP contribution in [0.1, 0.15) is 32.6 Å². The molecule has 0 aromatic heterocycles. The Morgan fingerprint density at radius 2 is 1.92 bits per heavy atom. The van der Waals surface area contributed by atoms with Gasteiger partial charge in [-0.25, -0.2) is 0 Å². The Balaban J connectivity index is 1.98. The van der Waals surface area contributed by atoms with Crippen molar-refractivity contribution in [2.75, 3.05) is 0 Å². The molecule has 72 valence electrons. The van der Waals surface area contributed by atoms with E-state index < -0.39 is 0 Å². The van der Waals surface area contributed by atoms with E-state index in [1.54, 1.807) is 6.08 Å². The number of carbonyl (C=O) groups is 1. The lowest BCUT2D eigenvalue weighted by Gasteiger charge is -2.25. The number of rotatable bonds is 2. The molecule has 2 aliphatic rings. The minimum absolute atomic E-state index is 0.343. The Labute approximate surface area is 84.0 Å². The molecular formula is C11H16OS. The highest BCUT2D eigenvalue weighted by Crippen LogP contribution is 2.46. The molecule has 0 radical (unpaired) electrons. The number of ketones is 1. The maximum Gasteiger partial charge on any atom is 0.158 e. The first-order chi connectivity index (χ1) is 6.29. The summed E-state index contributed by atoms with van der Waals surface area (Å²) in [6, 6.07) is 0. The molecule has 13 heavy (non-hydrogen) atoms. The lowest BCUT2D eigenvalue weighted by atomic mass is 9.94. The van der Waals surface area contributed by atoms with E-state index in [-0.39, 0.29) is 0 Å². The number of allylic oxidation sites excluding steroid dienone is 2. The molecule has 0 saturated carbocycles. The molecule has 2 unspecified atom stereocenters. The minimum atomic E-state index is 0.343. The summed E-state index contributed by atoms with van der Waals surface area (Å²) < 4.78 is 0. The molecule has 2 saturated heterocycles. The van der Waals surface area contributed by atoms with Crippen LogP contribution >= 0.6 is 11.8 Å². The molecule has 1 nitrogen and oxygen atoms in total. The average Bonchev–Trinajstić information content (AvgIpc) is 2.46. The van der Waals surface area contributed by atoms with Gasteiger partial charge >= 0.3 is 0 Å². The van der Waals surface area contributed by atoms with E-state index in [0.717, 1.165) is 23.3 Å². The molecule has 0 aromatic carbocycles. The summed E-state index contributed by atoms with van der Waals surface area (Å²) in [6.07, 6.45) is 8.56. The minimum Gasteiger partial charge on any atom is -0.295 e. The number of hydrogen-bond donors (Lipinski definition) is 0. The molecule has 0 N–H and O–H groups in total. The van der Waals surface area contributed by atoms with Crippen molar-refractivity contribution in [1.82, 2.24) is 0 Å². The Kier molecular flexibility index (Phi) is 2.77. The average molecular weight is 196 g/mol. The molecular weight excluding hydrogens is 180 g/mol.